The minimum atomic E-state index is -5.13. The second kappa shape index (κ2) is 12.1. The Morgan fingerprint density at radius 3 is 2.08 bits per heavy atom. The number of amides is 2. The zero-order valence-corrected chi connectivity index (χ0v) is 22.1. The second-order valence-electron chi connectivity index (χ2n) is 7.88. The minimum Gasteiger partial charge on any atom is -0.345 e. The lowest BCUT2D eigenvalue weighted by Crippen LogP contribution is -2.47. The van der Waals surface area contributed by atoms with Crippen molar-refractivity contribution in [2.24, 2.45) is 0 Å². The molecule has 0 fully saturated rings. The van der Waals surface area contributed by atoms with E-state index in [2.05, 4.69) is 31.9 Å². The molecule has 0 saturated heterocycles. The van der Waals surface area contributed by atoms with Gasteiger partial charge in [0.1, 0.15) is 12.6 Å². The van der Waals surface area contributed by atoms with Gasteiger partial charge in [-0.05, 0) is 74.2 Å². The quantitative estimate of drug-likeness (QED) is 0.299. The molecule has 2 unspecified atom stereocenters. The number of rotatable bonds is 7. The number of alkyl halides is 9. The van der Waals surface area contributed by atoms with E-state index in [0.717, 1.165) is 19.1 Å². The topological polar surface area (TPSA) is 58.2 Å². The summed E-state index contributed by atoms with van der Waals surface area (Å²) >= 11 is 6.23. The van der Waals surface area contributed by atoms with Crippen molar-refractivity contribution in [2.45, 2.75) is 37.4 Å². The predicted molar refractivity (Wildman–Crippen MR) is 127 cm³/mol. The minimum absolute atomic E-state index is 0.186. The number of carbonyl (C=O) groups excluding carboxylic acids is 2. The first kappa shape index (κ1) is 31.7. The number of allylic oxidation sites excluding steroid dienone is 1. The smallest absolute Gasteiger partial charge is 0.345 e. The van der Waals surface area contributed by atoms with E-state index in [4.69, 9.17) is 0 Å². The molecule has 0 aliphatic rings. The lowest BCUT2D eigenvalue weighted by atomic mass is 9.96. The van der Waals surface area contributed by atoms with Crippen molar-refractivity contribution in [3.05, 3.63) is 73.7 Å². The summed E-state index contributed by atoms with van der Waals surface area (Å²) in [5.41, 5.74) is -2.99. The van der Waals surface area contributed by atoms with Crippen LogP contribution in [0.2, 0.25) is 0 Å². The number of halogens is 11. The molecule has 2 aromatic carbocycles. The maximum absolute atomic E-state index is 13.7. The zero-order valence-electron chi connectivity index (χ0n) is 19.0. The molecule has 0 bridgehead atoms. The van der Waals surface area contributed by atoms with Gasteiger partial charge in [0, 0.05) is 8.95 Å². The van der Waals surface area contributed by atoms with E-state index in [9.17, 15) is 49.1 Å². The van der Waals surface area contributed by atoms with Gasteiger partial charge in [-0.2, -0.15) is 39.5 Å². The van der Waals surface area contributed by atoms with E-state index in [1.807, 2.05) is 5.32 Å². The fourth-order valence-corrected chi connectivity index (χ4v) is 3.74. The largest absolute Gasteiger partial charge is 0.417 e. The molecule has 38 heavy (non-hydrogen) atoms. The molecule has 0 aromatic heterocycles. The van der Waals surface area contributed by atoms with Gasteiger partial charge in [0.2, 0.25) is 5.91 Å². The number of benzene rings is 2. The van der Waals surface area contributed by atoms with Gasteiger partial charge in [-0.3, -0.25) is 9.59 Å². The predicted octanol–water partition coefficient (Wildman–Crippen LogP) is 7.39. The molecule has 0 radical (unpaired) electrons. The van der Waals surface area contributed by atoms with E-state index in [-0.39, 0.29) is 11.1 Å². The highest BCUT2D eigenvalue weighted by molar-refractivity contribution is 9.13. The summed E-state index contributed by atoms with van der Waals surface area (Å²) in [6.07, 6.45) is -13.2. The van der Waals surface area contributed by atoms with Crippen molar-refractivity contribution >= 4 is 49.8 Å². The van der Waals surface area contributed by atoms with Crippen LogP contribution in [0.25, 0.3) is 6.08 Å². The van der Waals surface area contributed by atoms with E-state index >= 15 is 0 Å². The summed E-state index contributed by atoms with van der Waals surface area (Å²) in [6.45, 7) is -0.747. The maximum Gasteiger partial charge on any atom is 0.417 e. The van der Waals surface area contributed by atoms with Crippen LogP contribution in [0.15, 0.2) is 51.4 Å². The summed E-state index contributed by atoms with van der Waals surface area (Å²) in [5.74, 6) is -4.88. The summed E-state index contributed by atoms with van der Waals surface area (Å²) in [6, 6.07) is 4.24. The van der Waals surface area contributed by atoms with Crippen molar-refractivity contribution in [2.75, 3.05) is 6.54 Å². The number of carbonyl (C=O) groups is 2. The van der Waals surface area contributed by atoms with Crippen LogP contribution < -0.4 is 10.6 Å². The van der Waals surface area contributed by atoms with Crippen LogP contribution in [0, 0.1) is 0 Å². The van der Waals surface area contributed by atoms with Crippen molar-refractivity contribution in [3.63, 3.8) is 0 Å². The fraction of sp³-hybridized carbons (Fsp3) is 0.304. The zero-order chi connectivity index (χ0) is 29.1. The third-order valence-corrected chi connectivity index (χ3v) is 6.81. The van der Waals surface area contributed by atoms with Crippen molar-refractivity contribution in [1.82, 2.24) is 10.6 Å². The molecule has 208 valence electrons. The summed E-state index contributed by atoms with van der Waals surface area (Å²) in [7, 11) is 0. The van der Waals surface area contributed by atoms with Gasteiger partial charge in [-0.25, -0.2) is 0 Å². The highest BCUT2D eigenvalue weighted by Gasteiger charge is 2.39. The van der Waals surface area contributed by atoms with Gasteiger partial charge in [0.05, 0.1) is 17.0 Å². The molecular formula is C23H17Br2F9N2O2. The number of hydrogen-bond donors (Lipinski definition) is 2. The summed E-state index contributed by atoms with van der Waals surface area (Å²) < 4.78 is 120. The standard InChI is InChI=1S/C23H17Br2F9N2O2/c1-11(19(37)35-10-21(26,27)28)36-20(38)14-5-2-12(8-16(14)23(32,33)34)3-6-15(22(29,30)31)13-4-7-17(24)18(25)9-13/h2-9,11,15H,10H2,1H3,(H,35,37)(H,36,38)/b6-3+. The molecule has 4 nitrogen and oxygen atoms in total. The first-order valence-electron chi connectivity index (χ1n) is 10.4. The van der Waals surface area contributed by atoms with Gasteiger partial charge in [-0.1, -0.05) is 24.3 Å². The normalized spacial score (nSPS) is 14.3. The van der Waals surface area contributed by atoms with Crippen LogP contribution in [-0.2, 0) is 11.0 Å². The van der Waals surface area contributed by atoms with Gasteiger partial charge in [-0.15, -0.1) is 0 Å². The molecule has 0 heterocycles. The van der Waals surface area contributed by atoms with Crippen LogP contribution in [0.3, 0.4) is 0 Å². The molecule has 2 rings (SSSR count). The molecule has 0 spiro atoms. The first-order chi connectivity index (χ1) is 17.3. The average Bonchev–Trinajstić information content (AvgIpc) is 2.77. The van der Waals surface area contributed by atoms with Crippen LogP contribution in [0.4, 0.5) is 39.5 Å². The van der Waals surface area contributed by atoms with Gasteiger partial charge in [0.25, 0.3) is 5.91 Å². The van der Waals surface area contributed by atoms with Crippen LogP contribution in [0.1, 0.15) is 39.9 Å². The molecule has 0 aliphatic heterocycles. The third-order valence-electron chi connectivity index (χ3n) is 4.93. The molecule has 15 heteroatoms. The second-order valence-corrected chi connectivity index (χ2v) is 9.59. The Kier molecular flexibility index (Phi) is 10.1. The Morgan fingerprint density at radius 2 is 1.55 bits per heavy atom. The molecule has 2 amide bonds. The van der Waals surface area contributed by atoms with Gasteiger partial charge in [0.15, 0.2) is 0 Å². The van der Waals surface area contributed by atoms with Crippen LogP contribution in [-0.4, -0.2) is 36.8 Å². The molecule has 0 aliphatic carbocycles. The van der Waals surface area contributed by atoms with Gasteiger partial charge >= 0.3 is 18.5 Å². The van der Waals surface area contributed by atoms with Crippen molar-refractivity contribution in [3.8, 4) is 0 Å². The average molecular weight is 684 g/mol. The van der Waals surface area contributed by atoms with E-state index < -0.39 is 60.0 Å². The Morgan fingerprint density at radius 1 is 0.921 bits per heavy atom. The first-order valence-corrected chi connectivity index (χ1v) is 11.9. The highest BCUT2D eigenvalue weighted by Crippen LogP contribution is 2.39. The molecule has 2 N–H and O–H groups in total. The monoisotopic (exact) mass is 682 g/mol. The Bertz CT molecular complexity index is 1210. The Labute approximate surface area is 226 Å². The van der Waals surface area contributed by atoms with Crippen molar-refractivity contribution in [1.29, 1.82) is 0 Å². The lowest BCUT2D eigenvalue weighted by molar-refractivity contribution is -0.139. The van der Waals surface area contributed by atoms with Crippen LogP contribution in [0.5, 0.6) is 0 Å². The van der Waals surface area contributed by atoms with E-state index in [0.29, 0.717) is 27.2 Å². The molecular weight excluding hydrogens is 667 g/mol. The summed E-state index contributed by atoms with van der Waals surface area (Å²) in [4.78, 5) is 24.1. The molecule has 0 saturated carbocycles. The summed E-state index contributed by atoms with van der Waals surface area (Å²) in [5, 5.41) is 3.36. The van der Waals surface area contributed by atoms with Crippen LogP contribution >= 0.6 is 31.9 Å². The SMILES string of the molecule is CC(NC(=O)c1ccc(/C=C/C(c2ccc(Br)c(Br)c2)C(F)(F)F)cc1C(F)(F)F)C(=O)NCC(F)(F)F. The number of nitrogens with one attached hydrogen (secondary N) is 2. The van der Waals surface area contributed by atoms with E-state index in [1.54, 1.807) is 0 Å². The lowest BCUT2D eigenvalue weighted by Gasteiger charge is -2.19. The maximum atomic E-state index is 13.7. The molecule has 2 atom stereocenters. The third kappa shape index (κ3) is 9.03. The number of hydrogen-bond acceptors (Lipinski definition) is 2. The highest BCUT2D eigenvalue weighted by atomic mass is 79.9. The Balaban J connectivity index is 2.34. The fourth-order valence-electron chi connectivity index (χ4n) is 3.10. The van der Waals surface area contributed by atoms with E-state index in [1.165, 1.54) is 23.5 Å². The van der Waals surface area contributed by atoms with Crippen molar-refractivity contribution < 1.29 is 49.1 Å². The van der Waals surface area contributed by atoms with Gasteiger partial charge < -0.3 is 10.6 Å². The molecule has 2 aromatic rings. The Hall–Kier alpha value is -2.55.